The fourth-order valence-corrected chi connectivity index (χ4v) is 4.79. The number of rotatable bonds is 7. The molecule has 9 heteroatoms. The predicted octanol–water partition coefficient (Wildman–Crippen LogP) is 4.06. The van der Waals surface area contributed by atoms with Crippen LogP contribution in [0.5, 0.6) is 11.5 Å². The van der Waals surface area contributed by atoms with Gasteiger partial charge in [-0.05, 0) is 37.6 Å². The van der Waals surface area contributed by atoms with Crippen molar-refractivity contribution in [2.75, 3.05) is 45.3 Å². The van der Waals surface area contributed by atoms with Crippen LogP contribution in [0.3, 0.4) is 0 Å². The summed E-state index contributed by atoms with van der Waals surface area (Å²) in [5, 5.41) is 5.79. The summed E-state index contributed by atoms with van der Waals surface area (Å²) in [5.41, 5.74) is 3.21. The fraction of sp³-hybridized carbons (Fsp3) is 0.357. The second kappa shape index (κ2) is 10.5. The van der Waals surface area contributed by atoms with Crippen LogP contribution in [0.15, 0.2) is 48.5 Å². The molecule has 0 saturated carbocycles. The molecular weight excluding hydrogens is 468 g/mol. The molecule has 9 nitrogen and oxygen atoms in total. The van der Waals surface area contributed by atoms with E-state index in [9.17, 15) is 4.79 Å². The van der Waals surface area contributed by atoms with E-state index in [-0.39, 0.29) is 5.91 Å². The van der Waals surface area contributed by atoms with E-state index in [1.807, 2.05) is 46.8 Å². The van der Waals surface area contributed by atoms with E-state index in [1.165, 1.54) is 0 Å². The zero-order valence-electron chi connectivity index (χ0n) is 21.8. The summed E-state index contributed by atoms with van der Waals surface area (Å²) in [6.45, 7) is 6.62. The third kappa shape index (κ3) is 4.69. The molecule has 1 amide bonds. The number of aromatic nitrogens is 4. The molecule has 0 unspecified atom stereocenters. The number of anilines is 1. The average molecular weight is 501 g/mol. The lowest BCUT2D eigenvalue weighted by molar-refractivity contribution is 0.0743. The lowest BCUT2D eigenvalue weighted by Gasteiger charge is -2.36. The van der Waals surface area contributed by atoms with Crippen molar-refractivity contribution < 1.29 is 14.3 Å². The molecule has 4 aromatic rings. The van der Waals surface area contributed by atoms with Crippen molar-refractivity contribution >= 4 is 22.8 Å². The van der Waals surface area contributed by atoms with Crippen molar-refractivity contribution in [1.82, 2.24) is 24.6 Å². The summed E-state index contributed by atoms with van der Waals surface area (Å²) in [6.07, 6.45) is 1.74. The van der Waals surface area contributed by atoms with Crippen molar-refractivity contribution in [3.8, 4) is 17.2 Å². The number of aryl methyl sites for hydroxylation is 2. The zero-order chi connectivity index (χ0) is 25.9. The van der Waals surface area contributed by atoms with Crippen molar-refractivity contribution in [2.45, 2.75) is 26.7 Å². The molecular formula is C28H32N6O3. The number of nitrogens with zero attached hydrogens (tertiary/aromatic N) is 6. The molecule has 1 aliphatic heterocycles. The number of amides is 1. The highest BCUT2D eigenvalue weighted by atomic mass is 16.5. The number of para-hydroxylation sites is 1. The smallest absolute Gasteiger partial charge is 0.257 e. The van der Waals surface area contributed by atoms with Crippen molar-refractivity contribution in [2.24, 2.45) is 0 Å². The molecule has 0 bridgehead atoms. The molecule has 0 N–H and O–H groups in total. The van der Waals surface area contributed by atoms with Gasteiger partial charge in [0.2, 0.25) is 0 Å². The van der Waals surface area contributed by atoms with Gasteiger partial charge in [0.15, 0.2) is 5.65 Å². The number of hydrogen-bond donors (Lipinski definition) is 0. The van der Waals surface area contributed by atoms with Gasteiger partial charge in [0.1, 0.15) is 23.1 Å². The first-order valence-corrected chi connectivity index (χ1v) is 12.6. The van der Waals surface area contributed by atoms with Crippen LogP contribution in [0.2, 0.25) is 0 Å². The Bertz CT molecular complexity index is 1410. The topological polar surface area (TPSA) is 85.6 Å². The molecule has 192 valence electrons. The Morgan fingerprint density at radius 1 is 0.973 bits per heavy atom. The molecule has 1 aliphatic rings. The Morgan fingerprint density at radius 3 is 2.41 bits per heavy atom. The van der Waals surface area contributed by atoms with Crippen LogP contribution in [0.25, 0.3) is 16.7 Å². The Kier molecular flexibility index (Phi) is 6.94. The third-order valence-electron chi connectivity index (χ3n) is 6.71. The van der Waals surface area contributed by atoms with E-state index in [1.54, 1.807) is 32.4 Å². The lowest BCUT2D eigenvalue weighted by Crippen LogP contribution is -2.49. The molecule has 5 rings (SSSR count). The minimum absolute atomic E-state index is 0.0493. The molecule has 0 radical (unpaired) electrons. The Balaban J connectivity index is 1.44. The molecule has 1 fully saturated rings. The molecule has 1 saturated heterocycles. The summed E-state index contributed by atoms with van der Waals surface area (Å²) in [6, 6.07) is 15.3. The number of ether oxygens (including phenoxy) is 2. The maximum atomic E-state index is 13.3. The Morgan fingerprint density at radius 2 is 1.73 bits per heavy atom. The van der Waals surface area contributed by atoms with Crippen LogP contribution in [0.4, 0.5) is 5.82 Å². The van der Waals surface area contributed by atoms with Crippen LogP contribution >= 0.6 is 0 Å². The van der Waals surface area contributed by atoms with Crippen LogP contribution in [0, 0.1) is 6.92 Å². The first-order valence-electron chi connectivity index (χ1n) is 12.6. The number of methoxy groups -OCH3 is 2. The van der Waals surface area contributed by atoms with Crippen LogP contribution < -0.4 is 14.4 Å². The fourth-order valence-electron chi connectivity index (χ4n) is 4.79. The summed E-state index contributed by atoms with van der Waals surface area (Å²) in [7, 11) is 3.16. The van der Waals surface area contributed by atoms with Crippen molar-refractivity contribution in [3.05, 3.63) is 65.6 Å². The van der Waals surface area contributed by atoms with E-state index in [2.05, 4.69) is 11.8 Å². The number of benzene rings is 2. The van der Waals surface area contributed by atoms with E-state index < -0.39 is 0 Å². The minimum atomic E-state index is -0.0493. The van der Waals surface area contributed by atoms with Crippen molar-refractivity contribution in [1.29, 1.82) is 0 Å². The summed E-state index contributed by atoms with van der Waals surface area (Å²) < 4.78 is 12.6. The normalized spacial score (nSPS) is 13.7. The van der Waals surface area contributed by atoms with Crippen LogP contribution in [-0.4, -0.2) is 71.0 Å². The van der Waals surface area contributed by atoms with Crippen LogP contribution in [0.1, 0.15) is 35.2 Å². The van der Waals surface area contributed by atoms with Gasteiger partial charge >= 0.3 is 0 Å². The van der Waals surface area contributed by atoms with Gasteiger partial charge in [0.25, 0.3) is 5.91 Å². The first kappa shape index (κ1) is 24.5. The number of piperazine rings is 1. The monoisotopic (exact) mass is 500 g/mol. The van der Waals surface area contributed by atoms with Gasteiger partial charge < -0.3 is 19.3 Å². The standard InChI is InChI=1S/C28H32N6O3/c1-5-9-24-29-26(25-19(2)31-34(27(25)30-24)20-10-7-6-8-11-20)32-14-16-33(17-15-32)28(35)22-13-12-21(36-3)18-23(22)37-4/h6-8,10-13,18H,5,9,14-17H2,1-4H3. The highest BCUT2D eigenvalue weighted by molar-refractivity contribution is 5.97. The molecule has 2 aromatic carbocycles. The molecule has 0 atom stereocenters. The maximum absolute atomic E-state index is 13.3. The van der Waals surface area contributed by atoms with Gasteiger partial charge in [-0.2, -0.15) is 5.10 Å². The number of carbonyl (C=O) groups is 1. The van der Waals surface area contributed by atoms with Gasteiger partial charge in [-0.3, -0.25) is 4.79 Å². The average Bonchev–Trinajstić information content (AvgIpc) is 3.28. The molecule has 3 heterocycles. The second-order valence-corrected chi connectivity index (χ2v) is 9.09. The SMILES string of the molecule is CCCc1nc(N2CCN(C(=O)c3ccc(OC)cc3OC)CC2)c2c(C)nn(-c3ccccc3)c2n1. The number of carbonyl (C=O) groups excluding carboxylic acids is 1. The molecule has 0 spiro atoms. The maximum Gasteiger partial charge on any atom is 0.257 e. The second-order valence-electron chi connectivity index (χ2n) is 9.09. The van der Waals surface area contributed by atoms with Gasteiger partial charge in [-0.25, -0.2) is 14.6 Å². The van der Waals surface area contributed by atoms with E-state index in [0.717, 1.165) is 46.9 Å². The van der Waals surface area contributed by atoms with Gasteiger partial charge in [-0.1, -0.05) is 25.1 Å². The summed E-state index contributed by atoms with van der Waals surface area (Å²) in [5.74, 6) is 2.82. The highest BCUT2D eigenvalue weighted by Crippen LogP contribution is 2.31. The highest BCUT2D eigenvalue weighted by Gasteiger charge is 2.28. The Labute approximate surface area is 216 Å². The third-order valence-corrected chi connectivity index (χ3v) is 6.71. The number of fused-ring (bicyclic) bond motifs is 1. The van der Waals surface area contributed by atoms with Gasteiger partial charge in [-0.15, -0.1) is 0 Å². The zero-order valence-corrected chi connectivity index (χ0v) is 21.8. The van der Waals surface area contributed by atoms with E-state index in [0.29, 0.717) is 43.2 Å². The molecule has 2 aromatic heterocycles. The molecule has 37 heavy (non-hydrogen) atoms. The quantitative estimate of drug-likeness (QED) is 0.378. The van der Waals surface area contributed by atoms with Gasteiger partial charge in [0, 0.05) is 38.7 Å². The minimum Gasteiger partial charge on any atom is -0.497 e. The Hall–Kier alpha value is -4.14. The summed E-state index contributed by atoms with van der Waals surface area (Å²) in [4.78, 5) is 27.3. The molecule has 0 aliphatic carbocycles. The lowest BCUT2D eigenvalue weighted by atomic mass is 10.1. The predicted molar refractivity (Wildman–Crippen MR) is 143 cm³/mol. The largest absolute Gasteiger partial charge is 0.497 e. The van der Waals surface area contributed by atoms with E-state index in [4.69, 9.17) is 24.5 Å². The van der Waals surface area contributed by atoms with Crippen LogP contribution in [-0.2, 0) is 6.42 Å². The van der Waals surface area contributed by atoms with Crippen molar-refractivity contribution in [3.63, 3.8) is 0 Å². The number of hydrogen-bond acceptors (Lipinski definition) is 7. The van der Waals surface area contributed by atoms with E-state index >= 15 is 0 Å². The first-order chi connectivity index (χ1) is 18.0. The summed E-state index contributed by atoms with van der Waals surface area (Å²) >= 11 is 0. The van der Waals surface area contributed by atoms with Gasteiger partial charge in [0.05, 0.1) is 36.6 Å².